The van der Waals surface area contributed by atoms with Gasteiger partial charge in [-0.3, -0.25) is 9.78 Å². The van der Waals surface area contributed by atoms with Gasteiger partial charge in [0.2, 0.25) is 0 Å². The summed E-state index contributed by atoms with van der Waals surface area (Å²) in [5.74, 6) is -0.0790. The van der Waals surface area contributed by atoms with E-state index < -0.39 is 0 Å². The van der Waals surface area contributed by atoms with Crippen LogP contribution in [0, 0.1) is 0 Å². The Balaban J connectivity index is 1.60. The van der Waals surface area contributed by atoms with Gasteiger partial charge in [-0.1, -0.05) is 18.9 Å². The minimum Gasteiger partial charge on any atom is -0.507 e. The molecule has 0 bridgehead atoms. The average molecular weight is 431 g/mol. The van der Waals surface area contributed by atoms with Gasteiger partial charge in [-0.05, 0) is 43.2 Å². The summed E-state index contributed by atoms with van der Waals surface area (Å²) < 4.78 is 1.40. The van der Waals surface area contributed by atoms with Gasteiger partial charge in [0.1, 0.15) is 5.75 Å². The molecule has 1 aliphatic rings. The summed E-state index contributed by atoms with van der Waals surface area (Å²) in [5, 5.41) is 20.7. The molecule has 0 saturated heterocycles. The fraction of sp³-hybridized carbons (Fsp3) is 0.250. The summed E-state index contributed by atoms with van der Waals surface area (Å²) in [6.45, 7) is 3.97. The van der Waals surface area contributed by atoms with Crippen molar-refractivity contribution in [3.8, 4) is 17.0 Å². The maximum Gasteiger partial charge on any atom is 0.342 e. The van der Waals surface area contributed by atoms with Crippen molar-refractivity contribution in [2.45, 2.75) is 31.6 Å². The Morgan fingerprint density at radius 2 is 1.91 bits per heavy atom. The van der Waals surface area contributed by atoms with Gasteiger partial charge in [0, 0.05) is 47.7 Å². The van der Waals surface area contributed by atoms with E-state index >= 15 is 0 Å². The number of benzene rings is 1. The number of amides is 2. The molecule has 8 nitrogen and oxygen atoms in total. The van der Waals surface area contributed by atoms with E-state index in [0.29, 0.717) is 29.1 Å². The molecule has 2 amide bonds. The van der Waals surface area contributed by atoms with Crippen LogP contribution in [0.5, 0.6) is 5.75 Å². The SMILES string of the molecule is C=CCNC(=O)n1nc(-c2ccc(NC(=O)c3ccncc3)cc2O)cc1C1CCCC1. The molecule has 0 radical (unpaired) electrons. The van der Waals surface area contributed by atoms with Crippen molar-refractivity contribution in [2.75, 3.05) is 11.9 Å². The predicted molar refractivity (Wildman–Crippen MR) is 122 cm³/mol. The molecule has 2 heterocycles. The maximum atomic E-state index is 12.6. The minimum atomic E-state index is -0.321. The van der Waals surface area contributed by atoms with E-state index in [1.165, 1.54) is 10.7 Å². The largest absolute Gasteiger partial charge is 0.507 e. The summed E-state index contributed by atoms with van der Waals surface area (Å²) in [7, 11) is 0. The monoisotopic (exact) mass is 431 g/mol. The predicted octanol–water partition coefficient (Wildman–Crippen LogP) is 4.30. The standard InChI is InChI=1S/C24H25N5O3/c1-2-11-26-24(32)29-21(16-5-3-4-6-16)15-20(28-29)19-8-7-18(14-22(19)30)27-23(31)17-9-12-25-13-10-17/h2,7-10,12-16,30H,1,3-6,11H2,(H,26,32)(H,27,31). The van der Waals surface area contributed by atoms with Gasteiger partial charge in [-0.25, -0.2) is 4.79 Å². The quantitative estimate of drug-likeness (QED) is 0.504. The number of phenolic OH excluding ortho intramolecular Hbond substituents is 1. The third-order valence-corrected chi connectivity index (χ3v) is 5.57. The van der Waals surface area contributed by atoms with E-state index in [0.717, 1.165) is 31.4 Å². The highest BCUT2D eigenvalue weighted by molar-refractivity contribution is 6.04. The molecule has 0 aliphatic heterocycles. The number of nitrogens with zero attached hydrogens (tertiary/aromatic N) is 3. The molecule has 1 saturated carbocycles. The third-order valence-electron chi connectivity index (χ3n) is 5.57. The molecule has 4 rings (SSSR count). The van der Waals surface area contributed by atoms with Crippen LogP contribution in [0.25, 0.3) is 11.3 Å². The number of aromatic hydroxyl groups is 1. The smallest absolute Gasteiger partial charge is 0.342 e. The first-order valence-corrected chi connectivity index (χ1v) is 10.6. The van der Waals surface area contributed by atoms with Crippen LogP contribution >= 0.6 is 0 Å². The van der Waals surface area contributed by atoms with Gasteiger partial charge < -0.3 is 15.7 Å². The minimum absolute atomic E-state index is 0.0355. The molecule has 164 valence electrons. The zero-order chi connectivity index (χ0) is 22.5. The van der Waals surface area contributed by atoms with Crippen molar-refractivity contribution < 1.29 is 14.7 Å². The number of pyridine rings is 1. The van der Waals surface area contributed by atoms with Crippen molar-refractivity contribution in [3.63, 3.8) is 0 Å². The van der Waals surface area contributed by atoms with Crippen LogP contribution in [0.2, 0.25) is 0 Å². The Labute approximate surface area is 186 Å². The Bertz CT molecular complexity index is 1130. The Kier molecular flexibility index (Phi) is 6.30. The topological polar surface area (TPSA) is 109 Å². The Hall–Kier alpha value is -3.94. The molecule has 1 aliphatic carbocycles. The van der Waals surface area contributed by atoms with Gasteiger partial charge in [-0.15, -0.1) is 6.58 Å². The van der Waals surface area contributed by atoms with E-state index in [-0.39, 0.29) is 23.6 Å². The first-order valence-electron chi connectivity index (χ1n) is 10.6. The Morgan fingerprint density at radius 3 is 2.59 bits per heavy atom. The molecule has 2 aromatic heterocycles. The van der Waals surface area contributed by atoms with Crippen LogP contribution in [-0.2, 0) is 0 Å². The second-order valence-corrected chi connectivity index (χ2v) is 7.74. The molecule has 0 atom stereocenters. The van der Waals surface area contributed by atoms with E-state index in [1.807, 2.05) is 6.07 Å². The van der Waals surface area contributed by atoms with Crippen molar-refractivity contribution in [1.29, 1.82) is 0 Å². The molecule has 1 aromatic carbocycles. The van der Waals surface area contributed by atoms with Gasteiger partial charge in [0.15, 0.2) is 0 Å². The number of rotatable bonds is 6. The number of nitrogens with one attached hydrogen (secondary N) is 2. The zero-order valence-corrected chi connectivity index (χ0v) is 17.6. The van der Waals surface area contributed by atoms with Crippen LogP contribution in [0.4, 0.5) is 10.5 Å². The van der Waals surface area contributed by atoms with Crippen LogP contribution in [-0.4, -0.2) is 38.4 Å². The molecule has 1 fully saturated rings. The molecule has 3 aromatic rings. The molecular formula is C24H25N5O3. The number of carbonyl (C=O) groups excluding carboxylic acids is 2. The summed E-state index contributed by atoms with van der Waals surface area (Å²) in [6, 6.07) is 9.62. The van der Waals surface area contributed by atoms with E-state index in [1.54, 1.807) is 42.7 Å². The summed E-state index contributed by atoms with van der Waals surface area (Å²) in [6.07, 6.45) is 8.95. The molecule has 32 heavy (non-hydrogen) atoms. The molecular weight excluding hydrogens is 406 g/mol. The average Bonchev–Trinajstić information content (AvgIpc) is 3.48. The lowest BCUT2D eigenvalue weighted by atomic mass is 10.0. The fourth-order valence-electron chi connectivity index (χ4n) is 3.97. The van der Waals surface area contributed by atoms with E-state index in [9.17, 15) is 14.7 Å². The molecule has 0 spiro atoms. The van der Waals surface area contributed by atoms with Gasteiger partial charge in [0.25, 0.3) is 5.91 Å². The number of hydrogen-bond acceptors (Lipinski definition) is 5. The van der Waals surface area contributed by atoms with E-state index in [2.05, 4.69) is 27.3 Å². The van der Waals surface area contributed by atoms with Gasteiger partial charge in [-0.2, -0.15) is 9.78 Å². The number of anilines is 1. The lowest BCUT2D eigenvalue weighted by Gasteiger charge is -2.11. The van der Waals surface area contributed by atoms with Crippen molar-refractivity contribution in [3.05, 3.63) is 72.7 Å². The summed E-state index contributed by atoms with van der Waals surface area (Å²) in [5.41, 5.74) is 2.75. The first-order chi connectivity index (χ1) is 15.6. The number of aromatic nitrogens is 3. The van der Waals surface area contributed by atoms with Crippen LogP contribution in [0.15, 0.2) is 61.4 Å². The number of carbonyl (C=O) groups is 2. The fourth-order valence-corrected chi connectivity index (χ4v) is 3.97. The van der Waals surface area contributed by atoms with Gasteiger partial charge in [0.05, 0.1) is 11.4 Å². The van der Waals surface area contributed by atoms with Crippen LogP contribution in [0.1, 0.15) is 47.7 Å². The first kappa shape index (κ1) is 21.3. The van der Waals surface area contributed by atoms with Crippen LogP contribution < -0.4 is 10.6 Å². The molecule has 8 heteroatoms. The summed E-state index contributed by atoms with van der Waals surface area (Å²) >= 11 is 0. The number of phenols is 1. The zero-order valence-electron chi connectivity index (χ0n) is 17.6. The highest BCUT2D eigenvalue weighted by atomic mass is 16.3. The third kappa shape index (κ3) is 4.54. The second-order valence-electron chi connectivity index (χ2n) is 7.74. The normalized spacial score (nSPS) is 13.6. The van der Waals surface area contributed by atoms with Crippen molar-refractivity contribution in [2.24, 2.45) is 0 Å². The van der Waals surface area contributed by atoms with Crippen LogP contribution in [0.3, 0.4) is 0 Å². The molecule has 0 unspecified atom stereocenters. The Morgan fingerprint density at radius 1 is 1.16 bits per heavy atom. The van der Waals surface area contributed by atoms with E-state index in [4.69, 9.17) is 0 Å². The van der Waals surface area contributed by atoms with Crippen molar-refractivity contribution >= 4 is 17.6 Å². The highest BCUT2D eigenvalue weighted by Gasteiger charge is 2.25. The van der Waals surface area contributed by atoms with Gasteiger partial charge >= 0.3 is 6.03 Å². The van der Waals surface area contributed by atoms with Crippen molar-refractivity contribution in [1.82, 2.24) is 20.1 Å². The lowest BCUT2D eigenvalue weighted by molar-refractivity contribution is 0.102. The molecule has 3 N–H and O–H groups in total. The number of hydrogen-bond donors (Lipinski definition) is 3. The highest BCUT2D eigenvalue weighted by Crippen LogP contribution is 2.37. The summed E-state index contributed by atoms with van der Waals surface area (Å²) in [4.78, 5) is 28.9. The maximum absolute atomic E-state index is 12.6. The lowest BCUT2D eigenvalue weighted by Crippen LogP contribution is -2.31. The second kappa shape index (κ2) is 9.47.